The molecule has 152 valence electrons. The fourth-order valence-electron chi connectivity index (χ4n) is 4.46. The van der Waals surface area contributed by atoms with E-state index in [1.807, 2.05) is 47.4 Å². The van der Waals surface area contributed by atoms with Gasteiger partial charge in [-0.3, -0.25) is 4.79 Å². The minimum absolute atomic E-state index is 0.0250. The van der Waals surface area contributed by atoms with Gasteiger partial charge in [0, 0.05) is 29.9 Å². The highest BCUT2D eigenvalue weighted by Crippen LogP contribution is 2.34. The number of rotatable bonds is 4. The maximum absolute atomic E-state index is 13.1. The van der Waals surface area contributed by atoms with E-state index < -0.39 is 0 Å². The molecule has 5 heteroatoms. The van der Waals surface area contributed by atoms with Crippen molar-refractivity contribution in [3.63, 3.8) is 0 Å². The van der Waals surface area contributed by atoms with Crippen LogP contribution in [0.2, 0.25) is 0 Å². The van der Waals surface area contributed by atoms with Gasteiger partial charge in [-0.1, -0.05) is 49.6 Å². The Kier molecular flexibility index (Phi) is 5.84. The lowest BCUT2D eigenvalue weighted by atomic mass is 9.96. The molecule has 1 aliphatic carbocycles. The van der Waals surface area contributed by atoms with Crippen LogP contribution in [0.3, 0.4) is 0 Å². The molecule has 0 spiro atoms. The number of benzene rings is 2. The van der Waals surface area contributed by atoms with Crippen molar-refractivity contribution in [3.8, 4) is 0 Å². The van der Waals surface area contributed by atoms with Crippen LogP contribution >= 0.6 is 0 Å². The lowest BCUT2D eigenvalue weighted by molar-refractivity contribution is 0.0981. The first kappa shape index (κ1) is 19.5. The van der Waals surface area contributed by atoms with E-state index in [0.717, 1.165) is 30.5 Å². The number of urea groups is 1. The van der Waals surface area contributed by atoms with Crippen LogP contribution in [0.25, 0.3) is 0 Å². The SMILES string of the molecule is C[C@H]1Cc2ccc(CNC(=O)NC3CCCCC3)cc2N1C(=O)c1ccccc1. The summed E-state index contributed by atoms with van der Waals surface area (Å²) in [6.07, 6.45) is 6.65. The first-order chi connectivity index (χ1) is 14.1. The second-order valence-corrected chi connectivity index (χ2v) is 8.22. The summed E-state index contributed by atoms with van der Waals surface area (Å²) < 4.78 is 0. The largest absolute Gasteiger partial charge is 0.335 e. The monoisotopic (exact) mass is 391 g/mol. The Morgan fingerprint density at radius 1 is 1.03 bits per heavy atom. The van der Waals surface area contributed by atoms with E-state index in [0.29, 0.717) is 18.2 Å². The van der Waals surface area contributed by atoms with Crippen molar-refractivity contribution in [2.45, 2.75) is 64.1 Å². The Morgan fingerprint density at radius 2 is 1.79 bits per heavy atom. The number of nitrogens with one attached hydrogen (secondary N) is 2. The summed E-state index contributed by atoms with van der Waals surface area (Å²) in [5.41, 5.74) is 3.83. The summed E-state index contributed by atoms with van der Waals surface area (Å²) in [5.74, 6) is 0.0250. The number of carbonyl (C=O) groups excluding carboxylic acids is 2. The van der Waals surface area contributed by atoms with Crippen LogP contribution in [0.5, 0.6) is 0 Å². The van der Waals surface area contributed by atoms with Gasteiger partial charge in [0.2, 0.25) is 0 Å². The standard InChI is InChI=1S/C24H29N3O2/c1-17-14-20-13-12-18(16-25-24(29)26-21-10-6-3-7-11-21)15-22(20)27(17)23(28)19-8-4-2-5-9-19/h2,4-5,8-9,12-13,15,17,21H,3,6-7,10-11,14,16H2,1H3,(H2,25,26,29)/t17-/m0/s1. The van der Waals surface area contributed by atoms with Gasteiger partial charge in [-0.05, 0) is 55.5 Å². The Morgan fingerprint density at radius 3 is 2.55 bits per heavy atom. The first-order valence-corrected chi connectivity index (χ1v) is 10.7. The minimum atomic E-state index is -0.108. The van der Waals surface area contributed by atoms with Crippen molar-refractivity contribution >= 4 is 17.6 Å². The van der Waals surface area contributed by atoms with Gasteiger partial charge in [-0.2, -0.15) is 0 Å². The molecule has 2 aliphatic rings. The molecule has 2 N–H and O–H groups in total. The molecule has 2 aromatic carbocycles. The number of anilines is 1. The Bertz CT molecular complexity index is 875. The fraction of sp³-hybridized carbons (Fsp3) is 0.417. The summed E-state index contributed by atoms with van der Waals surface area (Å²) in [6.45, 7) is 2.53. The van der Waals surface area contributed by atoms with Crippen LogP contribution in [-0.2, 0) is 13.0 Å². The molecule has 4 rings (SSSR count). The lowest BCUT2D eigenvalue weighted by Crippen LogP contribution is -2.42. The van der Waals surface area contributed by atoms with Crippen LogP contribution in [0.1, 0.15) is 60.5 Å². The van der Waals surface area contributed by atoms with E-state index in [-0.39, 0.29) is 18.0 Å². The molecular weight excluding hydrogens is 362 g/mol. The predicted molar refractivity (Wildman–Crippen MR) is 115 cm³/mol. The van der Waals surface area contributed by atoms with Gasteiger partial charge in [-0.15, -0.1) is 0 Å². The molecule has 1 heterocycles. The van der Waals surface area contributed by atoms with Gasteiger partial charge >= 0.3 is 6.03 Å². The number of amides is 3. The molecule has 2 aromatic rings. The van der Waals surface area contributed by atoms with E-state index >= 15 is 0 Å². The molecule has 0 saturated heterocycles. The number of hydrogen-bond donors (Lipinski definition) is 2. The third kappa shape index (κ3) is 4.44. The summed E-state index contributed by atoms with van der Waals surface area (Å²) in [6, 6.07) is 15.9. The Balaban J connectivity index is 1.43. The first-order valence-electron chi connectivity index (χ1n) is 10.7. The Hall–Kier alpha value is -2.82. The molecule has 1 fully saturated rings. The maximum Gasteiger partial charge on any atom is 0.315 e. The van der Waals surface area contributed by atoms with Gasteiger partial charge < -0.3 is 15.5 Å². The molecule has 3 amide bonds. The van der Waals surface area contributed by atoms with E-state index in [4.69, 9.17) is 0 Å². The zero-order chi connectivity index (χ0) is 20.2. The van der Waals surface area contributed by atoms with Crippen molar-refractivity contribution in [2.75, 3.05) is 4.90 Å². The molecule has 0 unspecified atom stereocenters. The summed E-state index contributed by atoms with van der Waals surface area (Å²) >= 11 is 0. The predicted octanol–water partition coefficient (Wildman–Crippen LogP) is 4.41. The number of nitrogens with zero attached hydrogens (tertiary/aromatic N) is 1. The molecule has 0 bridgehead atoms. The zero-order valence-electron chi connectivity index (χ0n) is 17.0. The normalized spacial score (nSPS) is 18.9. The Labute approximate surface area is 172 Å². The highest BCUT2D eigenvalue weighted by molar-refractivity contribution is 6.07. The molecule has 5 nitrogen and oxygen atoms in total. The van der Waals surface area contributed by atoms with Crippen molar-refractivity contribution in [1.82, 2.24) is 10.6 Å². The average Bonchev–Trinajstić information content (AvgIpc) is 3.08. The van der Waals surface area contributed by atoms with E-state index in [2.05, 4.69) is 23.6 Å². The smallest absolute Gasteiger partial charge is 0.315 e. The molecule has 0 radical (unpaired) electrons. The minimum Gasteiger partial charge on any atom is -0.335 e. The second-order valence-electron chi connectivity index (χ2n) is 8.22. The third-order valence-corrected chi connectivity index (χ3v) is 6.00. The van der Waals surface area contributed by atoms with Gasteiger partial charge in [0.1, 0.15) is 0 Å². The van der Waals surface area contributed by atoms with Crippen molar-refractivity contribution in [2.24, 2.45) is 0 Å². The molecular formula is C24H29N3O2. The lowest BCUT2D eigenvalue weighted by Gasteiger charge is -2.24. The number of carbonyl (C=O) groups is 2. The summed E-state index contributed by atoms with van der Waals surface area (Å²) in [5, 5.41) is 6.05. The van der Waals surface area contributed by atoms with Gasteiger partial charge in [0.15, 0.2) is 0 Å². The van der Waals surface area contributed by atoms with Crippen LogP contribution in [-0.4, -0.2) is 24.0 Å². The molecule has 1 aliphatic heterocycles. The molecule has 1 atom stereocenters. The van der Waals surface area contributed by atoms with Gasteiger partial charge in [0.05, 0.1) is 0 Å². The topological polar surface area (TPSA) is 61.4 Å². The van der Waals surface area contributed by atoms with Crippen molar-refractivity contribution in [3.05, 3.63) is 65.2 Å². The quantitative estimate of drug-likeness (QED) is 0.811. The fourth-order valence-corrected chi connectivity index (χ4v) is 4.46. The number of fused-ring (bicyclic) bond motifs is 1. The summed E-state index contributed by atoms with van der Waals surface area (Å²) in [4.78, 5) is 27.2. The highest BCUT2D eigenvalue weighted by Gasteiger charge is 2.31. The average molecular weight is 392 g/mol. The van der Waals surface area contributed by atoms with Crippen LogP contribution < -0.4 is 15.5 Å². The maximum atomic E-state index is 13.1. The van der Waals surface area contributed by atoms with Crippen LogP contribution in [0.4, 0.5) is 10.5 Å². The van der Waals surface area contributed by atoms with Crippen LogP contribution in [0.15, 0.2) is 48.5 Å². The highest BCUT2D eigenvalue weighted by atomic mass is 16.2. The van der Waals surface area contributed by atoms with E-state index in [9.17, 15) is 9.59 Å². The zero-order valence-corrected chi connectivity index (χ0v) is 17.0. The van der Waals surface area contributed by atoms with Crippen molar-refractivity contribution < 1.29 is 9.59 Å². The van der Waals surface area contributed by atoms with E-state index in [1.165, 1.54) is 24.8 Å². The molecule has 29 heavy (non-hydrogen) atoms. The third-order valence-electron chi connectivity index (χ3n) is 6.00. The molecule has 0 aromatic heterocycles. The second kappa shape index (κ2) is 8.68. The van der Waals surface area contributed by atoms with Crippen molar-refractivity contribution in [1.29, 1.82) is 0 Å². The molecule has 1 saturated carbocycles. The van der Waals surface area contributed by atoms with Gasteiger partial charge in [0.25, 0.3) is 5.91 Å². The number of hydrogen-bond acceptors (Lipinski definition) is 2. The summed E-state index contributed by atoms with van der Waals surface area (Å²) in [7, 11) is 0. The van der Waals surface area contributed by atoms with E-state index in [1.54, 1.807) is 0 Å². The van der Waals surface area contributed by atoms with Gasteiger partial charge in [-0.25, -0.2) is 4.79 Å². The van der Waals surface area contributed by atoms with Crippen LogP contribution in [0, 0.1) is 0 Å².